The molecule has 9 nitrogen and oxygen atoms in total. The highest BCUT2D eigenvalue weighted by Gasteiger charge is 2.21. The number of anilines is 1. The van der Waals surface area contributed by atoms with Crippen LogP contribution >= 0.6 is 0 Å². The van der Waals surface area contributed by atoms with Crippen LogP contribution in [0.15, 0.2) is 35.3 Å². The second-order valence-electron chi connectivity index (χ2n) is 7.41. The smallest absolute Gasteiger partial charge is 0.338 e. The number of hydrogen-bond acceptors (Lipinski definition) is 6. The van der Waals surface area contributed by atoms with Gasteiger partial charge >= 0.3 is 5.97 Å². The monoisotopic (exact) mass is 425 g/mol. The van der Waals surface area contributed by atoms with Crippen LogP contribution in [0.3, 0.4) is 0 Å². The molecule has 1 N–H and O–H groups in total. The zero-order chi connectivity index (χ0) is 22.7. The minimum absolute atomic E-state index is 0.122. The van der Waals surface area contributed by atoms with Crippen molar-refractivity contribution in [2.75, 3.05) is 5.32 Å². The SMILES string of the molecule is CC[C@@H](C)n1nccc1NC(=O)[C@H](C)OC(=O)c1ccc2c(c1)nc(C)c(=O)n2CC. The summed E-state index contributed by atoms with van der Waals surface area (Å²) in [5, 5.41) is 6.98. The molecule has 2 heterocycles. The second kappa shape index (κ2) is 9.11. The number of aryl methyl sites for hydroxylation is 2. The van der Waals surface area contributed by atoms with Crippen LogP contribution in [0.1, 0.15) is 56.2 Å². The second-order valence-corrected chi connectivity index (χ2v) is 7.41. The van der Waals surface area contributed by atoms with Crippen molar-refractivity contribution in [3.05, 3.63) is 52.1 Å². The Labute approximate surface area is 180 Å². The van der Waals surface area contributed by atoms with Gasteiger partial charge in [-0.1, -0.05) is 6.92 Å². The van der Waals surface area contributed by atoms with E-state index in [0.717, 1.165) is 6.42 Å². The Morgan fingerprint density at radius 2 is 1.94 bits per heavy atom. The van der Waals surface area contributed by atoms with Crippen molar-refractivity contribution in [2.24, 2.45) is 0 Å². The van der Waals surface area contributed by atoms with E-state index in [1.807, 2.05) is 20.8 Å². The standard InChI is InChI=1S/C22H27N5O4/c1-6-13(3)27-19(10-11-23-27)25-20(28)15(5)31-22(30)16-8-9-18-17(12-16)24-14(4)21(29)26(18)7-2/h8-13,15H,6-7H2,1-5H3,(H,25,28)/t13-,15+/m1/s1. The van der Waals surface area contributed by atoms with Gasteiger partial charge in [0, 0.05) is 12.6 Å². The van der Waals surface area contributed by atoms with Crippen molar-refractivity contribution >= 4 is 28.7 Å². The number of aromatic nitrogens is 4. The molecule has 31 heavy (non-hydrogen) atoms. The highest BCUT2D eigenvalue weighted by atomic mass is 16.5. The van der Waals surface area contributed by atoms with Gasteiger partial charge in [0.25, 0.3) is 11.5 Å². The van der Waals surface area contributed by atoms with Crippen molar-refractivity contribution in [3.63, 3.8) is 0 Å². The van der Waals surface area contributed by atoms with E-state index in [1.54, 1.807) is 46.6 Å². The molecule has 0 bridgehead atoms. The fourth-order valence-electron chi connectivity index (χ4n) is 3.26. The maximum atomic E-state index is 12.6. The predicted octanol–water partition coefficient (Wildman–Crippen LogP) is 3.08. The fraction of sp³-hybridized carbons (Fsp3) is 0.409. The Bertz CT molecular complexity index is 1180. The molecule has 0 aliphatic heterocycles. The number of ether oxygens (including phenoxy) is 1. The van der Waals surface area contributed by atoms with Crippen LogP contribution in [0.4, 0.5) is 5.82 Å². The third-order valence-corrected chi connectivity index (χ3v) is 5.24. The van der Waals surface area contributed by atoms with Crippen LogP contribution < -0.4 is 10.9 Å². The topological polar surface area (TPSA) is 108 Å². The number of rotatable bonds is 7. The van der Waals surface area contributed by atoms with Crippen LogP contribution in [-0.2, 0) is 16.1 Å². The van der Waals surface area contributed by atoms with Gasteiger partial charge in [0.15, 0.2) is 6.10 Å². The van der Waals surface area contributed by atoms with Gasteiger partial charge in [-0.3, -0.25) is 9.59 Å². The first-order valence-electron chi connectivity index (χ1n) is 10.3. The van der Waals surface area contributed by atoms with Crippen LogP contribution in [0.2, 0.25) is 0 Å². The van der Waals surface area contributed by atoms with Crippen LogP contribution in [0, 0.1) is 6.92 Å². The van der Waals surface area contributed by atoms with E-state index in [2.05, 4.69) is 15.4 Å². The Kier molecular flexibility index (Phi) is 6.53. The van der Waals surface area contributed by atoms with Gasteiger partial charge in [-0.25, -0.2) is 14.5 Å². The van der Waals surface area contributed by atoms with Crippen LogP contribution in [-0.4, -0.2) is 37.3 Å². The minimum Gasteiger partial charge on any atom is -0.449 e. The summed E-state index contributed by atoms with van der Waals surface area (Å²) < 4.78 is 8.68. The maximum absolute atomic E-state index is 12.6. The number of nitrogens with zero attached hydrogens (tertiary/aromatic N) is 4. The highest BCUT2D eigenvalue weighted by Crippen LogP contribution is 2.18. The van der Waals surface area contributed by atoms with E-state index in [9.17, 15) is 14.4 Å². The zero-order valence-corrected chi connectivity index (χ0v) is 18.4. The third kappa shape index (κ3) is 4.50. The first-order chi connectivity index (χ1) is 14.8. The molecule has 9 heteroatoms. The van der Waals surface area contributed by atoms with Crippen molar-refractivity contribution < 1.29 is 14.3 Å². The van der Waals surface area contributed by atoms with Crippen molar-refractivity contribution in [1.29, 1.82) is 0 Å². The van der Waals surface area contributed by atoms with Crippen molar-refractivity contribution in [2.45, 2.75) is 59.7 Å². The average molecular weight is 425 g/mol. The van der Waals surface area contributed by atoms with E-state index >= 15 is 0 Å². The van der Waals surface area contributed by atoms with E-state index in [-0.39, 0.29) is 17.2 Å². The molecule has 1 amide bonds. The lowest BCUT2D eigenvalue weighted by Crippen LogP contribution is -2.31. The Balaban J connectivity index is 1.76. The fourth-order valence-corrected chi connectivity index (χ4v) is 3.26. The number of esters is 1. The summed E-state index contributed by atoms with van der Waals surface area (Å²) in [6.07, 6.45) is 1.46. The van der Waals surface area contributed by atoms with Crippen LogP contribution in [0.5, 0.6) is 0 Å². The molecule has 0 saturated heterocycles. The largest absolute Gasteiger partial charge is 0.449 e. The van der Waals surface area contributed by atoms with E-state index in [0.29, 0.717) is 29.1 Å². The predicted molar refractivity (Wildman–Crippen MR) is 117 cm³/mol. The van der Waals surface area contributed by atoms with Gasteiger partial charge in [-0.15, -0.1) is 0 Å². The molecule has 0 unspecified atom stereocenters. The number of amides is 1. The number of benzene rings is 1. The molecule has 1 aromatic carbocycles. The summed E-state index contributed by atoms with van der Waals surface area (Å²) in [4.78, 5) is 41.7. The molecule has 2 atom stereocenters. The molecule has 2 aromatic heterocycles. The summed E-state index contributed by atoms with van der Waals surface area (Å²) in [6.45, 7) is 9.54. The number of nitrogens with one attached hydrogen (secondary N) is 1. The first kappa shape index (κ1) is 22.2. The molecule has 0 radical (unpaired) electrons. The normalized spacial score (nSPS) is 13.1. The van der Waals surface area contributed by atoms with E-state index < -0.39 is 18.0 Å². The van der Waals surface area contributed by atoms with Gasteiger partial charge in [0.2, 0.25) is 0 Å². The Morgan fingerprint density at radius 3 is 2.61 bits per heavy atom. The molecule has 0 saturated carbocycles. The molecular formula is C22H27N5O4. The van der Waals surface area contributed by atoms with Gasteiger partial charge in [-0.05, 0) is 52.3 Å². The van der Waals surface area contributed by atoms with Crippen LogP contribution in [0.25, 0.3) is 11.0 Å². The Morgan fingerprint density at radius 1 is 1.19 bits per heavy atom. The van der Waals surface area contributed by atoms with Crippen molar-refractivity contribution in [3.8, 4) is 0 Å². The first-order valence-corrected chi connectivity index (χ1v) is 10.3. The number of fused-ring (bicyclic) bond motifs is 1. The quantitative estimate of drug-likeness (QED) is 0.583. The maximum Gasteiger partial charge on any atom is 0.338 e. The minimum atomic E-state index is -1.01. The third-order valence-electron chi connectivity index (χ3n) is 5.24. The van der Waals surface area contributed by atoms with E-state index in [4.69, 9.17) is 4.74 Å². The number of carbonyl (C=O) groups is 2. The lowest BCUT2D eigenvalue weighted by molar-refractivity contribution is -0.123. The molecule has 3 aromatic rings. The summed E-state index contributed by atoms with van der Waals surface area (Å²) in [5.41, 5.74) is 1.60. The number of hydrogen-bond donors (Lipinski definition) is 1. The zero-order valence-electron chi connectivity index (χ0n) is 18.4. The molecular weight excluding hydrogens is 398 g/mol. The molecule has 0 aliphatic carbocycles. The lowest BCUT2D eigenvalue weighted by atomic mass is 10.2. The van der Waals surface area contributed by atoms with Gasteiger partial charge in [0.05, 0.1) is 28.8 Å². The van der Waals surface area contributed by atoms with Crippen molar-refractivity contribution in [1.82, 2.24) is 19.3 Å². The molecule has 164 valence electrons. The summed E-state index contributed by atoms with van der Waals surface area (Å²) >= 11 is 0. The molecule has 0 fully saturated rings. The van der Waals surface area contributed by atoms with Gasteiger partial charge in [-0.2, -0.15) is 5.10 Å². The number of carbonyl (C=O) groups excluding carboxylic acids is 2. The van der Waals surface area contributed by atoms with Gasteiger partial charge < -0.3 is 14.6 Å². The summed E-state index contributed by atoms with van der Waals surface area (Å²) in [5.74, 6) is -0.549. The average Bonchev–Trinajstić information content (AvgIpc) is 3.21. The van der Waals surface area contributed by atoms with Gasteiger partial charge in [0.1, 0.15) is 11.5 Å². The summed E-state index contributed by atoms with van der Waals surface area (Å²) in [6, 6.07) is 6.62. The molecule has 0 spiro atoms. The van der Waals surface area contributed by atoms with E-state index in [1.165, 1.54) is 6.92 Å². The lowest BCUT2D eigenvalue weighted by Gasteiger charge is -2.17. The molecule has 3 rings (SSSR count). The Hall–Kier alpha value is -3.49. The highest BCUT2D eigenvalue weighted by molar-refractivity contribution is 5.98. The molecule has 0 aliphatic rings. The summed E-state index contributed by atoms with van der Waals surface area (Å²) in [7, 11) is 0.